The molecular formula is C20H21FN4O3S. The Hall–Kier alpha value is -2.62. The number of sulfonamides is 1. The van der Waals surface area contributed by atoms with Crippen molar-refractivity contribution in [1.82, 2.24) is 19.3 Å². The summed E-state index contributed by atoms with van der Waals surface area (Å²) in [6.07, 6.45) is 0. The van der Waals surface area contributed by atoms with Gasteiger partial charge in [0.25, 0.3) is 5.89 Å². The number of aromatic nitrogens is 2. The van der Waals surface area contributed by atoms with E-state index in [4.69, 9.17) is 4.52 Å². The minimum absolute atomic E-state index is 0.318. The minimum atomic E-state index is -3.48. The molecule has 0 amide bonds. The summed E-state index contributed by atoms with van der Waals surface area (Å²) in [5.41, 5.74) is 1.67. The molecule has 0 aliphatic carbocycles. The van der Waals surface area contributed by atoms with Gasteiger partial charge in [0.15, 0.2) is 5.82 Å². The van der Waals surface area contributed by atoms with Crippen LogP contribution in [0.15, 0.2) is 57.9 Å². The minimum Gasteiger partial charge on any atom is -0.334 e. The molecule has 4 rings (SSSR count). The molecule has 1 fully saturated rings. The van der Waals surface area contributed by atoms with Gasteiger partial charge in [-0.2, -0.15) is 9.29 Å². The van der Waals surface area contributed by atoms with Crippen LogP contribution in [0.4, 0.5) is 4.39 Å². The van der Waals surface area contributed by atoms with E-state index < -0.39 is 10.0 Å². The van der Waals surface area contributed by atoms with Gasteiger partial charge in [0.1, 0.15) is 5.82 Å². The molecule has 2 heterocycles. The molecular weight excluding hydrogens is 395 g/mol. The molecule has 0 bridgehead atoms. The van der Waals surface area contributed by atoms with Crippen molar-refractivity contribution in [3.63, 3.8) is 0 Å². The van der Waals surface area contributed by atoms with E-state index in [0.29, 0.717) is 54.9 Å². The van der Waals surface area contributed by atoms with Crippen molar-refractivity contribution in [3.8, 4) is 11.5 Å². The van der Waals surface area contributed by atoms with E-state index in [1.807, 2.05) is 6.92 Å². The molecule has 7 nitrogen and oxygen atoms in total. The smallest absolute Gasteiger partial charge is 0.257 e. The zero-order valence-electron chi connectivity index (χ0n) is 16.0. The van der Waals surface area contributed by atoms with Crippen molar-refractivity contribution >= 4 is 10.0 Å². The van der Waals surface area contributed by atoms with Gasteiger partial charge >= 0.3 is 0 Å². The van der Waals surface area contributed by atoms with Crippen LogP contribution < -0.4 is 0 Å². The van der Waals surface area contributed by atoms with Gasteiger partial charge in [-0.3, -0.25) is 4.90 Å². The lowest BCUT2D eigenvalue weighted by molar-refractivity contribution is 0.176. The second kappa shape index (κ2) is 8.02. The molecule has 3 aromatic rings. The number of rotatable bonds is 5. The molecule has 1 saturated heterocycles. The van der Waals surface area contributed by atoms with Crippen LogP contribution >= 0.6 is 0 Å². The maximum atomic E-state index is 13.0. The monoisotopic (exact) mass is 416 g/mol. The Bertz CT molecular complexity index is 1070. The van der Waals surface area contributed by atoms with Crippen molar-refractivity contribution in [1.29, 1.82) is 0 Å². The summed E-state index contributed by atoms with van der Waals surface area (Å²) < 4.78 is 45.4. The standard InChI is InChI=1S/C20H21FN4O3S/c1-15-2-8-18(9-3-15)29(26,27)25-12-10-24(11-13-25)14-19-22-20(28-23-19)16-4-6-17(21)7-5-16/h2-9H,10-14H2,1H3. The fraction of sp³-hybridized carbons (Fsp3) is 0.300. The number of hydrogen-bond acceptors (Lipinski definition) is 6. The number of hydrogen-bond donors (Lipinski definition) is 0. The van der Waals surface area contributed by atoms with Crippen LogP contribution in [0.3, 0.4) is 0 Å². The van der Waals surface area contributed by atoms with Gasteiger partial charge in [0.05, 0.1) is 11.4 Å². The molecule has 0 atom stereocenters. The van der Waals surface area contributed by atoms with Crippen LogP contribution in [0.2, 0.25) is 0 Å². The SMILES string of the molecule is Cc1ccc(S(=O)(=O)N2CCN(Cc3noc(-c4ccc(F)cc4)n3)CC2)cc1. The van der Waals surface area contributed by atoms with Crippen LogP contribution in [0.5, 0.6) is 0 Å². The summed E-state index contributed by atoms with van der Waals surface area (Å²) in [7, 11) is -3.48. The number of piperazine rings is 1. The largest absolute Gasteiger partial charge is 0.334 e. The highest BCUT2D eigenvalue weighted by Crippen LogP contribution is 2.20. The third kappa shape index (κ3) is 4.36. The lowest BCUT2D eigenvalue weighted by Crippen LogP contribution is -2.48. The molecule has 2 aromatic carbocycles. The summed E-state index contributed by atoms with van der Waals surface area (Å²) in [5.74, 6) is 0.520. The van der Waals surface area contributed by atoms with Gasteiger partial charge in [-0.1, -0.05) is 22.9 Å². The number of benzene rings is 2. The van der Waals surface area contributed by atoms with E-state index in [-0.39, 0.29) is 5.82 Å². The van der Waals surface area contributed by atoms with Crippen molar-refractivity contribution in [3.05, 3.63) is 65.7 Å². The van der Waals surface area contributed by atoms with E-state index in [2.05, 4.69) is 15.0 Å². The summed E-state index contributed by atoms with van der Waals surface area (Å²) in [6.45, 7) is 4.34. The molecule has 1 aliphatic rings. The highest BCUT2D eigenvalue weighted by Gasteiger charge is 2.28. The second-order valence-corrected chi connectivity index (χ2v) is 8.95. The quantitative estimate of drug-likeness (QED) is 0.636. The number of nitrogens with zero attached hydrogens (tertiary/aromatic N) is 4. The van der Waals surface area contributed by atoms with Gasteiger partial charge < -0.3 is 4.52 Å². The average molecular weight is 416 g/mol. The Morgan fingerprint density at radius 1 is 1.00 bits per heavy atom. The molecule has 0 spiro atoms. The van der Waals surface area contributed by atoms with Crippen LogP contribution in [0.1, 0.15) is 11.4 Å². The molecule has 1 aromatic heterocycles. The van der Waals surface area contributed by atoms with Crippen LogP contribution in [0, 0.1) is 12.7 Å². The molecule has 9 heteroatoms. The average Bonchev–Trinajstić information content (AvgIpc) is 3.18. The van der Waals surface area contributed by atoms with Gasteiger partial charge in [-0.25, -0.2) is 12.8 Å². The summed E-state index contributed by atoms with van der Waals surface area (Å²) in [5, 5.41) is 3.98. The fourth-order valence-corrected chi connectivity index (χ4v) is 4.64. The summed E-state index contributed by atoms with van der Waals surface area (Å²) in [6, 6.07) is 12.7. The predicted molar refractivity (Wildman–Crippen MR) is 105 cm³/mol. The second-order valence-electron chi connectivity index (χ2n) is 7.02. The van der Waals surface area contributed by atoms with Gasteiger partial charge in [-0.15, -0.1) is 0 Å². The molecule has 0 N–H and O–H groups in total. The molecule has 29 heavy (non-hydrogen) atoms. The topological polar surface area (TPSA) is 79.5 Å². The molecule has 0 saturated carbocycles. The fourth-order valence-electron chi connectivity index (χ4n) is 3.22. The number of aryl methyl sites for hydroxylation is 1. The lowest BCUT2D eigenvalue weighted by Gasteiger charge is -2.33. The molecule has 0 radical (unpaired) electrons. The number of halogens is 1. The maximum absolute atomic E-state index is 13.0. The van der Waals surface area contributed by atoms with E-state index in [1.165, 1.54) is 16.4 Å². The van der Waals surface area contributed by atoms with Crippen LogP contribution in [0.25, 0.3) is 11.5 Å². The first kappa shape index (κ1) is 19.7. The normalized spacial score (nSPS) is 16.2. The van der Waals surface area contributed by atoms with Crippen molar-refractivity contribution in [2.75, 3.05) is 26.2 Å². The Kier molecular flexibility index (Phi) is 5.44. The maximum Gasteiger partial charge on any atom is 0.257 e. The van der Waals surface area contributed by atoms with E-state index >= 15 is 0 Å². The third-order valence-corrected chi connectivity index (χ3v) is 6.83. The third-order valence-electron chi connectivity index (χ3n) is 4.91. The zero-order valence-corrected chi connectivity index (χ0v) is 16.8. The van der Waals surface area contributed by atoms with Gasteiger partial charge in [0.2, 0.25) is 10.0 Å². The molecule has 152 valence electrons. The van der Waals surface area contributed by atoms with Gasteiger partial charge in [-0.05, 0) is 43.3 Å². The zero-order chi connectivity index (χ0) is 20.4. The van der Waals surface area contributed by atoms with E-state index in [0.717, 1.165) is 5.56 Å². The lowest BCUT2D eigenvalue weighted by atomic mass is 10.2. The van der Waals surface area contributed by atoms with E-state index in [1.54, 1.807) is 36.4 Å². The highest BCUT2D eigenvalue weighted by molar-refractivity contribution is 7.89. The Balaban J connectivity index is 1.37. The predicted octanol–water partition coefficient (Wildman–Crippen LogP) is 2.69. The first-order chi connectivity index (χ1) is 13.9. The molecule has 0 unspecified atom stereocenters. The first-order valence-corrected chi connectivity index (χ1v) is 10.7. The van der Waals surface area contributed by atoms with Crippen LogP contribution in [-0.4, -0.2) is 53.9 Å². The van der Waals surface area contributed by atoms with Crippen molar-refractivity contribution in [2.45, 2.75) is 18.4 Å². The van der Waals surface area contributed by atoms with Gasteiger partial charge in [0, 0.05) is 31.7 Å². The summed E-state index contributed by atoms with van der Waals surface area (Å²) >= 11 is 0. The van der Waals surface area contributed by atoms with Crippen LogP contribution in [-0.2, 0) is 16.6 Å². The Labute approximate surface area is 168 Å². The summed E-state index contributed by atoms with van der Waals surface area (Å²) in [4.78, 5) is 6.76. The Morgan fingerprint density at radius 2 is 1.66 bits per heavy atom. The highest BCUT2D eigenvalue weighted by atomic mass is 32.2. The van der Waals surface area contributed by atoms with Crippen molar-refractivity contribution < 1.29 is 17.3 Å². The molecule has 1 aliphatic heterocycles. The first-order valence-electron chi connectivity index (χ1n) is 9.29. The van der Waals surface area contributed by atoms with Crippen molar-refractivity contribution in [2.24, 2.45) is 0 Å². The van der Waals surface area contributed by atoms with E-state index in [9.17, 15) is 12.8 Å². The Morgan fingerprint density at radius 3 is 2.31 bits per heavy atom.